The molecule has 1 aliphatic rings. The molecule has 0 spiro atoms. The normalized spacial score (nSPS) is 24.3. The number of fused-ring (bicyclic) bond motifs is 1. The molecule has 2 heterocycles. The molecule has 1 aromatic heterocycles. The average Bonchev–Trinajstić information content (AvgIpc) is 2.88. The van der Waals surface area contributed by atoms with Gasteiger partial charge < -0.3 is 9.73 Å². The molecule has 1 fully saturated rings. The van der Waals surface area contributed by atoms with Gasteiger partial charge in [0.15, 0.2) is 0 Å². The number of benzene rings is 1. The molecule has 114 valence electrons. The molecule has 1 aliphatic heterocycles. The highest BCUT2D eigenvalue weighted by molar-refractivity contribution is 8.07. The summed E-state index contributed by atoms with van der Waals surface area (Å²) < 4.78 is 19.3. The van der Waals surface area contributed by atoms with Crippen molar-refractivity contribution in [1.82, 2.24) is 5.32 Å². The van der Waals surface area contributed by atoms with E-state index in [0.717, 1.165) is 23.3 Å². The SMILES string of the molecule is CCNC(c1cc2cc(F)ccc2o1)C1SCCSC1C. The highest BCUT2D eigenvalue weighted by Crippen LogP contribution is 2.39. The Kier molecular flexibility index (Phi) is 4.82. The van der Waals surface area contributed by atoms with Crippen LogP contribution in [0.15, 0.2) is 28.7 Å². The Morgan fingerprint density at radius 1 is 1.33 bits per heavy atom. The highest BCUT2D eigenvalue weighted by atomic mass is 32.2. The van der Waals surface area contributed by atoms with Crippen molar-refractivity contribution in [2.75, 3.05) is 18.1 Å². The van der Waals surface area contributed by atoms with Crippen molar-refractivity contribution in [3.63, 3.8) is 0 Å². The lowest BCUT2D eigenvalue weighted by Crippen LogP contribution is -2.37. The number of rotatable bonds is 4. The van der Waals surface area contributed by atoms with E-state index in [4.69, 9.17) is 4.42 Å². The lowest BCUT2D eigenvalue weighted by Gasteiger charge is -2.33. The molecule has 0 saturated carbocycles. The summed E-state index contributed by atoms with van der Waals surface area (Å²) in [6.45, 7) is 5.29. The maximum absolute atomic E-state index is 13.3. The van der Waals surface area contributed by atoms with Gasteiger partial charge in [0.05, 0.1) is 6.04 Å². The van der Waals surface area contributed by atoms with Crippen LogP contribution in [0.2, 0.25) is 0 Å². The van der Waals surface area contributed by atoms with Crippen molar-refractivity contribution in [1.29, 1.82) is 0 Å². The van der Waals surface area contributed by atoms with E-state index in [2.05, 4.69) is 19.2 Å². The van der Waals surface area contributed by atoms with Crippen molar-refractivity contribution >= 4 is 34.5 Å². The van der Waals surface area contributed by atoms with E-state index < -0.39 is 0 Å². The molecule has 0 aliphatic carbocycles. The zero-order chi connectivity index (χ0) is 14.8. The molecule has 3 atom stereocenters. The van der Waals surface area contributed by atoms with Crippen molar-refractivity contribution in [3.8, 4) is 0 Å². The zero-order valence-corrected chi connectivity index (χ0v) is 13.9. The molecule has 3 unspecified atom stereocenters. The fraction of sp³-hybridized carbons (Fsp3) is 0.500. The molecule has 1 saturated heterocycles. The average molecular weight is 325 g/mol. The zero-order valence-electron chi connectivity index (χ0n) is 12.3. The van der Waals surface area contributed by atoms with Crippen LogP contribution in [-0.2, 0) is 0 Å². The molecule has 0 amide bonds. The van der Waals surface area contributed by atoms with Crippen molar-refractivity contribution in [2.45, 2.75) is 30.4 Å². The Morgan fingerprint density at radius 3 is 2.90 bits per heavy atom. The quantitative estimate of drug-likeness (QED) is 0.897. The molecule has 0 radical (unpaired) electrons. The fourth-order valence-corrected chi connectivity index (χ4v) is 5.73. The number of hydrogen-bond acceptors (Lipinski definition) is 4. The van der Waals surface area contributed by atoms with Crippen molar-refractivity contribution in [3.05, 3.63) is 35.8 Å². The largest absolute Gasteiger partial charge is 0.459 e. The van der Waals surface area contributed by atoms with E-state index in [1.807, 2.05) is 29.6 Å². The monoisotopic (exact) mass is 325 g/mol. The van der Waals surface area contributed by atoms with Crippen LogP contribution in [0.5, 0.6) is 0 Å². The van der Waals surface area contributed by atoms with Gasteiger partial charge in [-0.25, -0.2) is 4.39 Å². The summed E-state index contributed by atoms with van der Waals surface area (Å²) in [5, 5.41) is 5.46. The second-order valence-electron chi connectivity index (χ2n) is 5.28. The number of halogens is 1. The van der Waals surface area contributed by atoms with Crippen LogP contribution < -0.4 is 5.32 Å². The van der Waals surface area contributed by atoms with Crippen molar-refractivity contribution in [2.24, 2.45) is 0 Å². The van der Waals surface area contributed by atoms with Gasteiger partial charge >= 0.3 is 0 Å². The summed E-state index contributed by atoms with van der Waals surface area (Å²) in [5.74, 6) is 3.10. The van der Waals surface area contributed by atoms with Gasteiger partial charge in [-0.3, -0.25) is 0 Å². The standard InChI is InChI=1S/C16H20FNOS2/c1-3-18-15(16-10(2)20-6-7-21-16)14-9-11-8-12(17)4-5-13(11)19-14/h4-5,8-10,15-16,18H,3,6-7H2,1-2H3. The van der Waals surface area contributed by atoms with E-state index in [1.54, 1.807) is 6.07 Å². The lowest BCUT2D eigenvalue weighted by atomic mass is 10.1. The van der Waals surface area contributed by atoms with Crippen LogP contribution in [0, 0.1) is 5.82 Å². The van der Waals surface area contributed by atoms with E-state index in [-0.39, 0.29) is 11.9 Å². The third-order valence-corrected chi connectivity index (χ3v) is 6.99. The molecule has 3 rings (SSSR count). The van der Waals surface area contributed by atoms with Gasteiger partial charge in [0.2, 0.25) is 0 Å². The van der Waals surface area contributed by atoms with Crippen LogP contribution in [-0.4, -0.2) is 28.6 Å². The number of hydrogen-bond donors (Lipinski definition) is 1. The van der Waals surface area contributed by atoms with Gasteiger partial charge in [0.1, 0.15) is 17.2 Å². The summed E-state index contributed by atoms with van der Waals surface area (Å²) in [6, 6.07) is 6.86. The van der Waals surface area contributed by atoms with Gasteiger partial charge in [-0.15, -0.1) is 0 Å². The van der Waals surface area contributed by atoms with Crippen LogP contribution in [0.1, 0.15) is 25.6 Å². The first-order chi connectivity index (χ1) is 10.2. The molecule has 2 aromatic rings. The Morgan fingerprint density at radius 2 is 2.14 bits per heavy atom. The summed E-state index contributed by atoms with van der Waals surface area (Å²) in [6.07, 6.45) is 0. The third-order valence-electron chi connectivity index (χ3n) is 3.79. The summed E-state index contributed by atoms with van der Waals surface area (Å²) in [5.41, 5.74) is 0.760. The minimum atomic E-state index is -0.217. The molecular formula is C16H20FNOS2. The minimum Gasteiger partial charge on any atom is -0.459 e. The van der Waals surface area contributed by atoms with Crippen LogP contribution >= 0.6 is 23.5 Å². The van der Waals surface area contributed by atoms with Crippen LogP contribution in [0.25, 0.3) is 11.0 Å². The Bertz CT molecular complexity index is 615. The van der Waals surface area contributed by atoms with Gasteiger partial charge in [-0.1, -0.05) is 13.8 Å². The topological polar surface area (TPSA) is 25.2 Å². The predicted molar refractivity (Wildman–Crippen MR) is 90.8 cm³/mol. The van der Waals surface area contributed by atoms with E-state index in [1.165, 1.54) is 23.6 Å². The minimum absolute atomic E-state index is 0.179. The molecule has 0 bridgehead atoms. The maximum Gasteiger partial charge on any atom is 0.134 e. The summed E-state index contributed by atoms with van der Waals surface area (Å²) >= 11 is 4.03. The second kappa shape index (κ2) is 6.63. The summed E-state index contributed by atoms with van der Waals surface area (Å²) in [4.78, 5) is 0. The van der Waals surface area contributed by atoms with E-state index in [0.29, 0.717) is 10.5 Å². The van der Waals surface area contributed by atoms with Gasteiger partial charge in [0, 0.05) is 27.4 Å². The van der Waals surface area contributed by atoms with Gasteiger partial charge in [0.25, 0.3) is 0 Å². The van der Waals surface area contributed by atoms with Crippen molar-refractivity contribution < 1.29 is 8.81 Å². The first-order valence-electron chi connectivity index (χ1n) is 7.34. The maximum atomic E-state index is 13.3. The van der Waals surface area contributed by atoms with Crippen LogP contribution in [0.4, 0.5) is 4.39 Å². The molecule has 5 heteroatoms. The molecule has 2 nitrogen and oxygen atoms in total. The molecular weight excluding hydrogens is 305 g/mol. The Labute approximate surface area is 133 Å². The Balaban J connectivity index is 1.94. The lowest BCUT2D eigenvalue weighted by molar-refractivity contribution is 0.424. The first kappa shape index (κ1) is 15.3. The molecule has 1 N–H and O–H groups in total. The van der Waals surface area contributed by atoms with Gasteiger partial charge in [-0.05, 0) is 30.8 Å². The number of furan rings is 1. The van der Waals surface area contributed by atoms with E-state index in [9.17, 15) is 4.39 Å². The second-order valence-corrected chi connectivity index (χ2v) is 8.05. The van der Waals surface area contributed by atoms with Gasteiger partial charge in [-0.2, -0.15) is 23.5 Å². The number of thioether (sulfide) groups is 2. The smallest absolute Gasteiger partial charge is 0.134 e. The van der Waals surface area contributed by atoms with E-state index >= 15 is 0 Å². The predicted octanol–water partition coefficient (Wildman–Crippen LogP) is 4.46. The number of nitrogens with one attached hydrogen (secondary N) is 1. The Hall–Kier alpha value is -0.650. The highest BCUT2D eigenvalue weighted by Gasteiger charge is 2.33. The first-order valence-corrected chi connectivity index (χ1v) is 9.44. The molecule has 1 aromatic carbocycles. The van der Waals surface area contributed by atoms with Crippen LogP contribution in [0.3, 0.4) is 0 Å². The fourth-order valence-electron chi connectivity index (χ4n) is 2.80. The molecule has 21 heavy (non-hydrogen) atoms. The third kappa shape index (κ3) is 3.25. The summed E-state index contributed by atoms with van der Waals surface area (Å²) in [7, 11) is 0.